The summed E-state index contributed by atoms with van der Waals surface area (Å²) in [5.41, 5.74) is 2.69. The van der Waals surface area contributed by atoms with E-state index in [0.29, 0.717) is 17.7 Å². The molecule has 0 fully saturated rings. The molecule has 102 valence electrons. The van der Waals surface area contributed by atoms with Gasteiger partial charge in [0.15, 0.2) is 5.52 Å². The molecule has 0 saturated carbocycles. The van der Waals surface area contributed by atoms with Gasteiger partial charge in [0.05, 0.1) is 15.1 Å². The van der Waals surface area contributed by atoms with Crippen molar-refractivity contribution in [2.24, 2.45) is 0 Å². The lowest BCUT2D eigenvalue weighted by Gasteiger charge is -2.22. The summed E-state index contributed by atoms with van der Waals surface area (Å²) in [6.45, 7) is 4.85. The average Bonchev–Trinajstić information content (AvgIpc) is 2.83. The minimum Gasteiger partial charge on any atom is -0.378 e. The van der Waals surface area contributed by atoms with Crippen molar-refractivity contribution in [1.29, 1.82) is 0 Å². The van der Waals surface area contributed by atoms with Gasteiger partial charge in [-0.05, 0) is 32.2 Å². The van der Waals surface area contributed by atoms with Crippen LogP contribution in [0.1, 0.15) is 13.8 Å². The minimum absolute atomic E-state index is 0.0188. The standard InChI is InChI=1S/C12H15N3O2S2/c1-12(2,18-3)6-13-8-4-5-9-10(14-7-19-9)11(8)15(16)17/h4-5,7,13H,6H2,1-3H3. The molecule has 1 heterocycles. The van der Waals surface area contributed by atoms with E-state index in [1.54, 1.807) is 23.3 Å². The maximum Gasteiger partial charge on any atom is 0.319 e. The fraction of sp³-hybridized carbons (Fsp3) is 0.417. The van der Waals surface area contributed by atoms with Crippen molar-refractivity contribution in [2.45, 2.75) is 18.6 Å². The van der Waals surface area contributed by atoms with Crippen molar-refractivity contribution < 1.29 is 4.92 Å². The molecule has 0 atom stereocenters. The van der Waals surface area contributed by atoms with Crippen LogP contribution in [0, 0.1) is 10.1 Å². The van der Waals surface area contributed by atoms with Crippen LogP contribution in [0.4, 0.5) is 11.4 Å². The monoisotopic (exact) mass is 297 g/mol. The Kier molecular flexibility index (Phi) is 3.96. The zero-order valence-corrected chi connectivity index (χ0v) is 12.6. The van der Waals surface area contributed by atoms with Crippen LogP contribution in [-0.4, -0.2) is 27.5 Å². The van der Waals surface area contributed by atoms with E-state index in [2.05, 4.69) is 24.1 Å². The summed E-state index contributed by atoms with van der Waals surface area (Å²) >= 11 is 3.13. The number of nitro groups is 1. The number of aromatic nitrogens is 1. The second-order valence-electron chi connectivity index (χ2n) is 4.74. The Labute approximate surface area is 119 Å². The Balaban J connectivity index is 2.37. The zero-order chi connectivity index (χ0) is 14.0. The number of nitrogens with one attached hydrogen (secondary N) is 1. The highest BCUT2D eigenvalue weighted by molar-refractivity contribution is 7.99. The van der Waals surface area contributed by atoms with Gasteiger partial charge in [-0.15, -0.1) is 11.3 Å². The lowest BCUT2D eigenvalue weighted by molar-refractivity contribution is -0.382. The number of anilines is 1. The SMILES string of the molecule is CSC(C)(C)CNc1ccc2scnc2c1[N+](=O)[O-]. The van der Waals surface area contributed by atoms with Gasteiger partial charge in [0.1, 0.15) is 5.69 Å². The van der Waals surface area contributed by atoms with Crippen molar-refractivity contribution in [1.82, 2.24) is 4.98 Å². The van der Waals surface area contributed by atoms with E-state index in [0.717, 1.165) is 4.70 Å². The molecule has 0 aliphatic carbocycles. The summed E-state index contributed by atoms with van der Waals surface area (Å²) in [5, 5.41) is 14.4. The molecule has 0 radical (unpaired) electrons. The number of benzene rings is 1. The smallest absolute Gasteiger partial charge is 0.319 e. The Bertz CT molecular complexity index is 610. The molecule has 0 saturated heterocycles. The van der Waals surface area contributed by atoms with E-state index < -0.39 is 0 Å². The van der Waals surface area contributed by atoms with Gasteiger partial charge in [-0.2, -0.15) is 11.8 Å². The van der Waals surface area contributed by atoms with Gasteiger partial charge in [-0.1, -0.05) is 0 Å². The first-order chi connectivity index (χ1) is 8.94. The Morgan fingerprint density at radius 2 is 2.26 bits per heavy atom. The molecule has 2 aromatic rings. The van der Waals surface area contributed by atoms with Crippen LogP contribution in [0.2, 0.25) is 0 Å². The predicted octanol–water partition coefficient (Wildman–Crippen LogP) is 3.76. The molecule has 0 amide bonds. The maximum atomic E-state index is 11.3. The summed E-state index contributed by atoms with van der Waals surface area (Å²) < 4.78 is 0.853. The first-order valence-corrected chi connectivity index (χ1v) is 7.84. The van der Waals surface area contributed by atoms with Gasteiger partial charge in [0, 0.05) is 11.3 Å². The van der Waals surface area contributed by atoms with Crippen LogP contribution in [0.25, 0.3) is 10.2 Å². The molecule has 19 heavy (non-hydrogen) atoms. The Morgan fingerprint density at radius 3 is 2.89 bits per heavy atom. The third-order valence-electron chi connectivity index (χ3n) is 2.92. The molecular weight excluding hydrogens is 282 g/mol. The first kappa shape index (κ1) is 14.1. The van der Waals surface area contributed by atoms with Crippen molar-refractivity contribution >= 4 is 44.7 Å². The molecule has 7 heteroatoms. The molecule has 1 aromatic heterocycles. The highest BCUT2D eigenvalue weighted by atomic mass is 32.2. The van der Waals surface area contributed by atoms with Gasteiger partial charge in [0.2, 0.25) is 0 Å². The molecule has 1 N–H and O–H groups in total. The van der Waals surface area contributed by atoms with Crippen LogP contribution in [0.3, 0.4) is 0 Å². The highest BCUT2D eigenvalue weighted by Crippen LogP contribution is 2.35. The number of nitro benzene ring substituents is 1. The van der Waals surface area contributed by atoms with E-state index in [1.165, 1.54) is 11.3 Å². The molecule has 2 rings (SSSR count). The van der Waals surface area contributed by atoms with Crippen LogP contribution in [-0.2, 0) is 0 Å². The normalized spacial score (nSPS) is 11.7. The van der Waals surface area contributed by atoms with E-state index in [-0.39, 0.29) is 15.4 Å². The first-order valence-electron chi connectivity index (χ1n) is 5.74. The number of hydrogen-bond donors (Lipinski definition) is 1. The fourth-order valence-electron chi connectivity index (χ4n) is 1.62. The quantitative estimate of drug-likeness (QED) is 0.672. The fourth-order valence-corrected chi connectivity index (χ4v) is 2.52. The number of thioether (sulfide) groups is 1. The number of fused-ring (bicyclic) bond motifs is 1. The Hall–Kier alpha value is -1.34. The minimum atomic E-state index is -0.365. The van der Waals surface area contributed by atoms with Crippen molar-refractivity contribution in [2.75, 3.05) is 18.1 Å². The summed E-state index contributed by atoms with van der Waals surface area (Å²) in [4.78, 5) is 15.0. The summed E-state index contributed by atoms with van der Waals surface area (Å²) in [5.74, 6) is 0. The summed E-state index contributed by atoms with van der Waals surface area (Å²) in [6.07, 6.45) is 2.03. The topological polar surface area (TPSA) is 68.1 Å². The highest BCUT2D eigenvalue weighted by Gasteiger charge is 2.23. The molecule has 5 nitrogen and oxygen atoms in total. The van der Waals surface area contributed by atoms with Gasteiger partial charge < -0.3 is 5.32 Å². The third-order valence-corrected chi connectivity index (χ3v) is 4.96. The van der Waals surface area contributed by atoms with E-state index in [9.17, 15) is 10.1 Å². The third kappa shape index (κ3) is 2.98. The van der Waals surface area contributed by atoms with Crippen LogP contribution >= 0.6 is 23.1 Å². The molecular formula is C12H15N3O2S2. The molecule has 0 aliphatic rings. The number of nitrogens with zero attached hydrogens (tertiary/aromatic N) is 2. The predicted molar refractivity (Wildman–Crippen MR) is 82.4 cm³/mol. The van der Waals surface area contributed by atoms with Crippen molar-refractivity contribution in [3.05, 3.63) is 27.8 Å². The molecule has 0 unspecified atom stereocenters. The van der Waals surface area contributed by atoms with Gasteiger partial charge in [0.25, 0.3) is 0 Å². The number of rotatable bonds is 5. The zero-order valence-electron chi connectivity index (χ0n) is 11.0. The lowest BCUT2D eigenvalue weighted by atomic mass is 10.2. The van der Waals surface area contributed by atoms with E-state index in [1.807, 2.05) is 12.3 Å². The summed E-state index contributed by atoms with van der Waals surface area (Å²) in [6, 6.07) is 3.63. The Morgan fingerprint density at radius 1 is 1.53 bits per heavy atom. The second-order valence-corrected chi connectivity index (χ2v) is 7.14. The molecule has 0 aliphatic heterocycles. The number of thiazole rings is 1. The number of hydrogen-bond acceptors (Lipinski definition) is 6. The largest absolute Gasteiger partial charge is 0.378 e. The van der Waals surface area contributed by atoms with Crippen LogP contribution in [0.5, 0.6) is 0 Å². The van der Waals surface area contributed by atoms with Gasteiger partial charge >= 0.3 is 5.69 Å². The van der Waals surface area contributed by atoms with E-state index in [4.69, 9.17) is 0 Å². The summed E-state index contributed by atoms with van der Waals surface area (Å²) in [7, 11) is 0. The van der Waals surface area contributed by atoms with Gasteiger partial charge in [-0.3, -0.25) is 10.1 Å². The maximum absolute atomic E-state index is 11.3. The molecule has 0 bridgehead atoms. The van der Waals surface area contributed by atoms with Gasteiger partial charge in [-0.25, -0.2) is 4.98 Å². The van der Waals surface area contributed by atoms with Crippen LogP contribution in [0.15, 0.2) is 17.6 Å². The van der Waals surface area contributed by atoms with Crippen molar-refractivity contribution in [3.63, 3.8) is 0 Å². The average molecular weight is 297 g/mol. The molecule has 1 aromatic carbocycles. The van der Waals surface area contributed by atoms with Crippen LogP contribution < -0.4 is 5.32 Å². The van der Waals surface area contributed by atoms with Crippen molar-refractivity contribution in [3.8, 4) is 0 Å². The second kappa shape index (κ2) is 5.34. The molecule has 0 spiro atoms. The lowest BCUT2D eigenvalue weighted by Crippen LogP contribution is -2.26. The van der Waals surface area contributed by atoms with E-state index >= 15 is 0 Å².